The maximum Gasteiger partial charge on any atom is 0.269 e. The Morgan fingerprint density at radius 1 is 1.57 bits per heavy atom. The summed E-state index contributed by atoms with van der Waals surface area (Å²) in [5.41, 5.74) is 0. The third-order valence-electron chi connectivity index (χ3n) is 1.34. The van der Waals surface area contributed by atoms with Crippen LogP contribution in [0.4, 0.5) is 0 Å². The van der Waals surface area contributed by atoms with Crippen molar-refractivity contribution in [1.29, 1.82) is 0 Å². The molecule has 1 heterocycles. The molecule has 0 atom stereocenters. The Hall–Kier alpha value is 0.330. The van der Waals surface area contributed by atoms with Crippen molar-refractivity contribution in [3.05, 3.63) is 3.70 Å². The van der Waals surface area contributed by atoms with Crippen LogP contribution < -0.4 is 4.74 Å². The van der Waals surface area contributed by atoms with Gasteiger partial charge in [0.1, 0.15) is 3.70 Å². The van der Waals surface area contributed by atoms with E-state index in [2.05, 4.69) is 5.10 Å². The lowest BCUT2D eigenvalue weighted by molar-refractivity contribution is 0.382. The molecule has 0 saturated heterocycles. The number of hydrogen-bond acceptors (Lipinski definition) is 4. The van der Waals surface area contributed by atoms with E-state index >= 15 is 0 Å². The Bertz CT molecular complexity index is 430. The van der Waals surface area contributed by atoms with Gasteiger partial charge in [0.05, 0.1) is 7.11 Å². The van der Waals surface area contributed by atoms with Crippen molar-refractivity contribution in [2.75, 3.05) is 7.11 Å². The van der Waals surface area contributed by atoms with Crippen LogP contribution in [0.5, 0.6) is 5.88 Å². The summed E-state index contributed by atoms with van der Waals surface area (Å²) in [5, 5.41) is 3.82. The second kappa shape index (κ2) is 4.90. The predicted octanol–water partition coefficient (Wildman–Crippen LogP) is 1.07. The Kier molecular flexibility index (Phi) is 5.02. The highest BCUT2D eigenvalue weighted by Gasteiger charge is 2.25. The molecule has 0 saturated carbocycles. The molecule has 0 aliphatic rings. The smallest absolute Gasteiger partial charge is 0.269 e. The molecule has 1 aromatic heterocycles. The summed E-state index contributed by atoms with van der Waals surface area (Å²) in [6.45, 7) is 0. The van der Waals surface area contributed by atoms with E-state index in [-0.39, 0.29) is 24.3 Å². The first-order valence-electron chi connectivity index (χ1n) is 3.09. The predicted molar refractivity (Wildman–Crippen MR) is 65.9 cm³/mol. The van der Waals surface area contributed by atoms with Gasteiger partial charge in [0.25, 0.3) is 14.9 Å². The molecule has 0 bridgehead atoms. The van der Waals surface area contributed by atoms with E-state index in [9.17, 15) is 8.42 Å². The normalized spacial score (nSPS) is 10.9. The number of methoxy groups -OCH3 is 1. The van der Waals surface area contributed by atoms with Gasteiger partial charge in [-0.1, -0.05) is 0 Å². The quantitative estimate of drug-likeness (QED) is 0.577. The standard InChI is InChI=1S/C5H6ClIN2O3S.H2S/c1-9-4(7)3(13(6,10)11)5(8-9)12-2;/h1-2H3;1H2. The van der Waals surface area contributed by atoms with Crippen molar-refractivity contribution in [3.63, 3.8) is 0 Å². The summed E-state index contributed by atoms with van der Waals surface area (Å²) in [5.74, 6) is 0.0156. The third-order valence-corrected chi connectivity index (χ3v) is 4.27. The molecule has 0 radical (unpaired) electrons. The minimum absolute atomic E-state index is 0. The lowest BCUT2D eigenvalue weighted by Gasteiger charge is -1.95. The van der Waals surface area contributed by atoms with Gasteiger partial charge in [0.15, 0.2) is 4.90 Å². The lowest BCUT2D eigenvalue weighted by atomic mass is 10.7. The van der Waals surface area contributed by atoms with Crippen LogP contribution in [0.3, 0.4) is 0 Å². The maximum absolute atomic E-state index is 11.1. The average Bonchev–Trinajstić information content (AvgIpc) is 2.26. The number of hydrogen-bond donors (Lipinski definition) is 0. The molecule has 0 unspecified atom stereocenters. The molecule has 0 aromatic carbocycles. The van der Waals surface area contributed by atoms with Crippen LogP contribution in [0.1, 0.15) is 0 Å². The molecule has 0 aliphatic heterocycles. The van der Waals surface area contributed by atoms with Crippen LogP contribution in [0, 0.1) is 3.70 Å². The summed E-state index contributed by atoms with van der Waals surface area (Å²) < 4.78 is 28.7. The number of aryl methyl sites for hydroxylation is 1. The first-order valence-corrected chi connectivity index (χ1v) is 6.48. The molecule has 0 fully saturated rings. The van der Waals surface area contributed by atoms with Crippen LogP contribution in [0.2, 0.25) is 0 Å². The minimum atomic E-state index is -3.80. The summed E-state index contributed by atoms with van der Waals surface area (Å²) in [4.78, 5) is -0.0835. The van der Waals surface area contributed by atoms with E-state index < -0.39 is 9.05 Å². The van der Waals surface area contributed by atoms with Crippen molar-refractivity contribution in [2.45, 2.75) is 4.90 Å². The number of ether oxygens (including phenoxy) is 1. The Balaban J connectivity index is 0.00000169. The summed E-state index contributed by atoms with van der Waals surface area (Å²) in [6, 6.07) is 0. The topological polar surface area (TPSA) is 61.2 Å². The highest BCUT2D eigenvalue weighted by atomic mass is 127. The molecule has 1 aromatic rings. The second-order valence-corrected chi connectivity index (χ2v) is 5.72. The molecule has 14 heavy (non-hydrogen) atoms. The number of rotatable bonds is 2. The molecular weight excluding hydrogens is 363 g/mol. The van der Waals surface area contributed by atoms with Gasteiger partial charge in [-0.15, -0.1) is 5.10 Å². The zero-order valence-corrected chi connectivity index (χ0v) is 12.0. The van der Waals surface area contributed by atoms with Crippen LogP contribution in [0.25, 0.3) is 0 Å². The fraction of sp³-hybridized carbons (Fsp3) is 0.400. The molecule has 9 heteroatoms. The van der Waals surface area contributed by atoms with Crippen molar-refractivity contribution < 1.29 is 13.2 Å². The van der Waals surface area contributed by atoms with E-state index in [4.69, 9.17) is 15.4 Å². The van der Waals surface area contributed by atoms with E-state index in [1.807, 2.05) is 22.6 Å². The largest absolute Gasteiger partial charge is 0.479 e. The summed E-state index contributed by atoms with van der Waals surface area (Å²) >= 11 is 1.83. The summed E-state index contributed by atoms with van der Waals surface area (Å²) in [6.07, 6.45) is 0. The van der Waals surface area contributed by atoms with E-state index in [1.165, 1.54) is 11.8 Å². The van der Waals surface area contributed by atoms with E-state index in [0.29, 0.717) is 3.70 Å². The molecule has 1 rings (SSSR count). The zero-order valence-electron chi connectivity index (χ0n) is 7.28. The SMILES string of the molecule is COc1nn(C)c(I)c1S(=O)(=O)Cl.S. The number of halogens is 2. The minimum Gasteiger partial charge on any atom is -0.479 e. The van der Waals surface area contributed by atoms with Gasteiger partial charge >= 0.3 is 0 Å². The van der Waals surface area contributed by atoms with Crippen molar-refractivity contribution in [3.8, 4) is 5.88 Å². The van der Waals surface area contributed by atoms with Gasteiger partial charge in [-0.3, -0.25) is 4.68 Å². The van der Waals surface area contributed by atoms with Gasteiger partial charge in [-0.25, -0.2) is 8.42 Å². The van der Waals surface area contributed by atoms with Gasteiger partial charge < -0.3 is 4.74 Å². The first-order chi connectivity index (χ1) is 5.88. The fourth-order valence-electron chi connectivity index (χ4n) is 0.799. The summed E-state index contributed by atoms with van der Waals surface area (Å²) in [7, 11) is 4.34. The van der Waals surface area contributed by atoms with Crippen LogP contribution in [0.15, 0.2) is 4.90 Å². The Morgan fingerprint density at radius 3 is 2.36 bits per heavy atom. The molecule has 5 nitrogen and oxygen atoms in total. The maximum atomic E-state index is 11.1. The fourth-order valence-corrected chi connectivity index (χ4v) is 3.48. The molecule has 0 N–H and O–H groups in total. The third kappa shape index (κ3) is 2.67. The monoisotopic (exact) mass is 370 g/mol. The van der Waals surface area contributed by atoms with Crippen LogP contribution in [-0.2, 0) is 16.1 Å². The van der Waals surface area contributed by atoms with Gasteiger partial charge in [-0.2, -0.15) is 13.5 Å². The molecule has 0 spiro atoms. The van der Waals surface area contributed by atoms with E-state index in [1.54, 1.807) is 7.05 Å². The Morgan fingerprint density at radius 2 is 2.07 bits per heavy atom. The highest BCUT2D eigenvalue weighted by Crippen LogP contribution is 2.29. The van der Waals surface area contributed by atoms with Crippen molar-refractivity contribution >= 4 is 55.8 Å². The Labute approximate surface area is 107 Å². The van der Waals surface area contributed by atoms with Gasteiger partial charge in [0.2, 0.25) is 0 Å². The molecular formula is C5H8ClIN2O3S2. The van der Waals surface area contributed by atoms with Crippen LogP contribution >= 0.6 is 46.8 Å². The van der Waals surface area contributed by atoms with Crippen LogP contribution in [-0.4, -0.2) is 25.3 Å². The lowest BCUT2D eigenvalue weighted by Crippen LogP contribution is -1.96. The number of nitrogens with zero attached hydrogens (tertiary/aromatic N) is 2. The first kappa shape index (κ1) is 14.3. The average molecular weight is 371 g/mol. The van der Waals surface area contributed by atoms with Gasteiger partial charge in [-0.05, 0) is 22.6 Å². The highest BCUT2D eigenvalue weighted by molar-refractivity contribution is 14.1. The van der Waals surface area contributed by atoms with Crippen molar-refractivity contribution in [1.82, 2.24) is 9.78 Å². The molecule has 0 aliphatic carbocycles. The zero-order chi connectivity index (χ0) is 10.2. The van der Waals surface area contributed by atoms with Gasteiger partial charge in [0, 0.05) is 17.7 Å². The molecule has 0 amide bonds. The van der Waals surface area contributed by atoms with Crippen molar-refractivity contribution in [2.24, 2.45) is 7.05 Å². The number of aromatic nitrogens is 2. The second-order valence-electron chi connectivity index (χ2n) is 2.19. The van der Waals surface area contributed by atoms with E-state index in [0.717, 1.165) is 0 Å². The molecule has 82 valence electrons.